The summed E-state index contributed by atoms with van der Waals surface area (Å²) < 4.78 is 169. The number of thioether (sulfide) groups is 3. The Hall–Kier alpha value is -5.89. The molecule has 2 heterocycles. The number of aromatic hydroxyl groups is 4. The molecule has 10 nitrogen and oxygen atoms in total. The number of halogens is 11. The number of rotatable bonds is 28. The van der Waals surface area contributed by atoms with Crippen molar-refractivity contribution in [1.82, 2.24) is 0 Å². The summed E-state index contributed by atoms with van der Waals surface area (Å²) in [4.78, 5) is 2.15. The van der Waals surface area contributed by atoms with Gasteiger partial charge >= 0.3 is 24.2 Å². The number of hydrogen-bond donors (Lipinski definition) is 5. The van der Waals surface area contributed by atoms with Crippen molar-refractivity contribution in [3.63, 3.8) is 0 Å². The molecule has 0 aliphatic carbocycles. The second-order valence-electron chi connectivity index (χ2n) is 21.7. The van der Waals surface area contributed by atoms with E-state index in [0.29, 0.717) is 48.6 Å². The molecule has 0 bridgehead atoms. The van der Waals surface area contributed by atoms with E-state index in [0.717, 1.165) is 58.1 Å². The molecule has 0 radical (unpaired) electrons. The summed E-state index contributed by atoms with van der Waals surface area (Å²) >= 11 is 4.72. The Balaban J connectivity index is 0.000000315. The molecule has 5 N–H and O–H groups in total. The van der Waals surface area contributed by atoms with Gasteiger partial charge in [0.15, 0.2) is 0 Å². The third kappa shape index (κ3) is 20.6. The highest BCUT2D eigenvalue weighted by atomic mass is 32.2. The van der Waals surface area contributed by atoms with Crippen molar-refractivity contribution in [2.24, 2.45) is 0 Å². The Labute approximate surface area is 526 Å². The lowest BCUT2D eigenvalue weighted by Crippen LogP contribution is -2.36. The Morgan fingerprint density at radius 2 is 0.843 bits per heavy atom. The minimum absolute atomic E-state index is 0. The first-order chi connectivity index (χ1) is 42.2. The fraction of sp³-hybridized carbons (Fsp3) is 0.438. The molecular formula is C64H73F11O10S4. The highest BCUT2D eigenvalue weighted by molar-refractivity contribution is 7.99. The van der Waals surface area contributed by atoms with Gasteiger partial charge in [-0.1, -0.05) is 54.8 Å². The maximum absolute atomic E-state index is 13.0. The summed E-state index contributed by atoms with van der Waals surface area (Å²) in [7, 11) is -1.58. The molecule has 0 amide bonds. The molecule has 6 aromatic rings. The van der Waals surface area contributed by atoms with Crippen LogP contribution in [-0.2, 0) is 21.6 Å². The van der Waals surface area contributed by atoms with E-state index in [1.165, 1.54) is 22.9 Å². The van der Waals surface area contributed by atoms with Crippen molar-refractivity contribution in [3.8, 4) is 46.0 Å². The largest absolute Gasteiger partial charge is 0.508 e. The first-order valence-corrected chi connectivity index (χ1v) is 33.0. The van der Waals surface area contributed by atoms with Gasteiger partial charge < -0.3 is 39.4 Å². The van der Waals surface area contributed by atoms with Crippen LogP contribution in [0, 0.1) is 0 Å². The average Bonchev–Trinajstić information content (AvgIpc) is 0.779. The van der Waals surface area contributed by atoms with Gasteiger partial charge in [0.25, 0.3) is 0 Å². The van der Waals surface area contributed by atoms with Crippen molar-refractivity contribution in [2.75, 3.05) is 60.9 Å². The molecule has 0 fully saturated rings. The summed E-state index contributed by atoms with van der Waals surface area (Å²) in [5, 5.41) is 45.2. The first-order valence-electron chi connectivity index (χ1n) is 28.4. The van der Waals surface area contributed by atoms with Gasteiger partial charge in [-0.2, -0.15) is 55.7 Å². The van der Waals surface area contributed by atoms with Gasteiger partial charge in [-0.05, 0) is 175 Å². The zero-order valence-electron chi connectivity index (χ0n) is 48.7. The Bertz CT molecular complexity index is 3150. The number of phenols is 4. The van der Waals surface area contributed by atoms with Crippen molar-refractivity contribution in [1.29, 1.82) is 0 Å². The summed E-state index contributed by atoms with van der Waals surface area (Å²) in [6.45, 7) is 5.79. The SMILES string of the molecule is C[C@]1(c2ccc(O)cc2)CSc2cc(O)ccc2[C@H]1CCCOc1ccc(OCCS(=O)CCCC(F)(F)C(F)(F)F)cc1.C[C@]1(c2ccc(O)cc2)CSc2cc(O)ccc2[C@H]1CCCOc1ccc(OCCSCCCC(F)(F)C(F)(F)F)cc1.OF.[3HH]. The number of phenolic OH excluding ortho intramolecular Hbond substituents is 4. The molecule has 8 rings (SSSR count). The maximum atomic E-state index is 13.0. The fourth-order valence-corrected chi connectivity index (χ4v) is 14.9. The number of hydrogen-bond acceptors (Lipinski definition) is 13. The Morgan fingerprint density at radius 3 is 1.24 bits per heavy atom. The second-order valence-corrected chi connectivity index (χ2v) is 26.7. The number of ether oxygens (including phenoxy) is 4. The number of benzene rings is 6. The molecule has 490 valence electrons. The number of fused-ring (bicyclic) bond motifs is 2. The van der Waals surface area contributed by atoms with Gasteiger partial charge in [-0.3, -0.25) is 4.21 Å². The molecule has 0 saturated carbocycles. The monoisotopic (exact) mass is 1340 g/mol. The van der Waals surface area contributed by atoms with Gasteiger partial charge in [-0.25, -0.2) is 5.31 Å². The van der Waals surface area contributed by atoms with Crippen molar-refractivity contribution in [3.05, 3.63) is 156 Å². The van der Waals surface area contributed by atoms with Gasteiger partial charge in [0.05, 0.1) is 32.2 Å². The summed E-state index contributed by atoms with van der Waals surface area (Å²) in [6.07, 6.45) is -11.2. The van der Waals surface area contributed by atoms with Crippen molar-refractivity contribution >= 4 is 46.1 Å². The third-order valence-electron chi connectivity index (χ3n) is 15.4. The molecule has 0 aromatic heterocycles. The first kappa shape index (κ1) is 72.2. The van der Waals surface area contributed by atoms with Crippen LogP contribution in [0.1, 0.15) is 101 Å². The van der Waals surface area contributed by atoms with E-state index >= 15 is 0 Å². The molecule has 2 aliphatic heterocycles. The van der Waals surface area contributed by atoms with Gasteiger partial charge in [0.1, 0.15) is 46.0 Å². The number of alkyl halides is 10. The average molecular weight is 1340 g/mol. The van der Waals surface area contributed by atoms with Crippen LogP contribution in [0.15, 0.2) is 143 Å². The maximum Gasteiger partial charge on any atom is 0.453 e. The van der Waals surface area contributed by atoms with E-state index < -0.39 is 54.3 Å². The lowest BCUT2D eigenvalue weighted by molar-refractivity contribution is -0.284. The lowest BCUT2D eigenvalue weighted by Gasteiger charge is -2.43. The predicted octanol–water partition coefficient (Wildman–Crippen LogP) is 17.5. The molecule has 1 unspecified atom stereocenters. The molecule has 25 heteroatoms. The minimum Gasteiger partial charge on any atom is -0.508 e. The van der Waals surface area contributed by atoms with Gasteiger partial charge in [0, 0.05) is 68.7 Å². The third-order valence-corrected chi connectivity index (χ3v) is 20.6. The van der Waals surface area contributed by atoms with E-state index in [1.807, 2.05) is 42.5 Å². The van der Waals surface area contributed by atoms with Crippen LogP contribution >= 0.6 is 35.3 Å². The van der Waals surface area contributed by atoms with Gasteiger partial charge in [-0.15, -0.1) is 23.5 Å². The van der Waals surface area contributed by atoms with Crippen LogP contribution in [0.3, 0.4) is 0 Å². The topological polar surface area (TPSA) is 155 Å². The molecule has 0 spiro atoms. The quantitative estimate of drug-likeness (QED) is 0.0234. The van der Waals surface area contributed by atoms with Gasteiger partial charge in [0.2, 0.25) is 0 Å². The standard InChI is InChI=1S/C32H35F5O5S2.C32H35F5O4S2.FHO.H2/c1-30(22-5-7-23(38)8-6-22)21-43-29-20-24(39)9-14-27(29)28(30)4-2-16-41-25-10-12-26(13-11-25)42-17-19-44(40)18-3-15-31(33,34)32(35,36)37;1-30(22-5-7-23(38)8-6-22)21-43-29-20-24(39)9-14-27(29)28(30)4-2-16-40-25-10-12-26(13-11-25)41-17-19-42-18-3-15-31(33,34)32(35,36)37;1-2;/h5-14,20,28,38-39H,2-4,15-19,21H2,1H3;5-14,20,28,38-39H,2-4,15-19,21H2,1H3;2H;1H/t28-,30-,44?;28-,30-;;/m11../s1/i;;;1+2. The van der Waals surface area contributed by atoms with Crippen molar-refractivity contribution in [2.45, 2.75) is 122 Å². The zero-order chi connectivity index (χ0) is 65.0. The molecule has 5 atom stereocenters. The summed E-state index contributed by atoms with van der Waals surface area (Å²) in [5.41, 5.74) is 4.29. The predicted molar refractivity (Wildman–Crippen MR) is 329 cm³/mol. The van der Waals surface area contributed by atoms with Crippen LogP contribution in [-0.4, -0.2) is 115 Å². The van der Waals surface area contributed by atoms with Crippen LogP contribution in [0.4, 0.5) is 48.4 Å². The van der Waals surface area contributed by atoms with E-state index in [-0.39, 0.29) is 77.4 Å². The molecular weight excluding hydrogens is 1270 g/mol. The Kier molecular flexibility index (Phi) is 26.7. The molecule has 0 saturated heterocycles. The highest BCUT2D eigenvalue weighted by Gasteiger charge is 2.57. The van der Waals surface area contributed by atoms with E-state index in [9.17, 15) is 68.5 Å². The molecule has 6 aromatic carbocycles. The van der Waals surface area contributed by atoms with Crippen LogP contribution in [0.5, 0.6) is 46.0 Å². The fourth-order valence-electron chi connectivity index (χ4n) is 10.4. The summed E-state index contributed by atoms with van der Waals surface area (Å²) in [5.74, 6) is -3.62. The van der Waals surface area contributed by atoms with E-state index in [2.05, 4.69) is 13.8 Å². The summed E-state index contributed by atoms with van der Waals surface area (Å²) in [6, 6.07) is 39.8. The van der Waals surface area contributed by atoms with Crippen LogP contribution in [0.25, 0.3) is 0 Å². The smallest absolute Gasteiger partial charge is 0.453 e. The minimum atomic E-state index is -5.60. The normalized spacial score (nSPS) is 18.6. The Morgan fingerprint density at radius 1 is 0.483 bits per heavy atom. The van der Waals surface area contributed by atoms with E-state index in [1.54, 1.807) is 115 Å². The highest BCUT2D eigenvalue weighted by Crippen LogP contribution is 2.54. The second kappa shape index (κ2) is 32.9. The molecule has 2 aliphatic rings. The molecule has 89 heavy (non-hydrogen) atoms. The lowest BCUT2D eigenvalue weighted by atomic mass is 9.68. The zero-order valence-corrected chi connectivity index (χ0v) is 51.9. The van der Waals surface area contributed by atoms with E-state index in [4.69, 9.17) is 28.8 Å². The van der Waals surface area contributed by atoms with Crippen LogP contribution in [0.2, 0.25) is 0 Å². The van der Waals surface area contributed by atoms with Crippen LogP contribution < -0.4 is 18.9 Å². The van der Waals surface area contributed by atoms with Crippen molar-refractivity contribution < 1.29 is 98.8 Å².